The second kappa shape index (κ2) is 58.9. The number of allylic oxidation sites excluding steroid dienone is 4. The summed E-state index contributed by atoms with van der Waals surface area (Å²) in [5.74, 6) is -0.0507. The Morgan fingerprint density at radius 3 is 1.03 bits per heavy atom. The first kappa shape index (κ1) is 67.3. The predicted octanol–water partition coefficient (Wildman–Crippen LogP) is 19.4. The number of rotatable bonds is 58. The zero-order valence-corrected chi connectivity index (χ0v) is 46.6. The first-order valence-electron chi connectivity index (χ1n) is 31.1. The maximum absolute atomic E-state index is 12.5. The van der Waals surface area contributed by atoms with E-state index in [1.54, 1.807) is 0 Å². The normalized spacial score (nSPS) is 12.7. The lowest BCUT2D eigenvalue weighted by Crippen LogP contribution is -2.45. The molecule has 0 spiro atoms. The first-order chi connectivity index (χ1) is 34.0. The molecule has 0 bridgehead atoms. The van der Waals surface area contributed by atoms with Crippen molar-refractivity contribution in [2.24, 2.45) is 0 Å². The van der Waals surface area contributed by atoms with E-state index in [2.05, 4.69) is 43.5 Å². The van der Waals surface area contributed by atoms with Gasteiger partial charge in [0.2, 0.25) is 5.91 Å². The topological polar surface area (TPSA) is 95.9 Å². The third kappa shape index (κ3) is 55.5. The number of aliphatic hydroxyl groups excluding tert-OH is 2. The van der Waals surface area contributed by atoms with Crippen LogP contribution >= 0.6 is 0 Å². The average Bonchev–Trinajstić information content (AvgIpc) is 3.35. The molecule has 69 heavy (non-hydrogen) atoms. The molecule has 0 heterocycles. The quantitative estimate of drug-likeness (QED) is 0.0321. The summed E-state index contributed by atoms with van der Waals surface area (Å²) in [4.78, 5) is 24.6. The molecular formula is C63H121NO5. The van der Waals surface area contributed by atoms with Gasteiger partial charge < -0.3 is 20.3 Å². The summed E-state index contributed by atoms with van der Waals surface area (Å²) < 4.78 is 5.48. The Labute approximate surface area is 431 Å². The summed E-state index contributed by atoms with van der Waals surface area (Å²) >= 11 is 0. The molecule has 6 nitrogen and oxygen atoms in total. The highest BCUT2D eigenvalue weighted by molar-refractivity contribution is 5.76. The van der Waals surface area contributed by atoms with Crippen LogP contribution in [0.1, 0.15) is 341 Å². The molecular weight excluding hydrogens is 851 g/mol. The van der Waals surface area contributed by atoms with E-state index >= 15 is 0 Å². The van der Waals surface area contributed by atoms with Crippen LogP contribution in [0.15, 0.2) is 24.3 Å². The fourth-order valence-corrected chi connectivity index (χ4v) is 9.69. The Morgan fingerprint density at radius 1 is 0.391 bits per heavy atom. The third-order valence-electron chi connectivity index (χ3n) is 14.5. The Morgan fingerprint density at radius 2 is 0.681 bits per heavy atom. The van der Waals surface area contributed by atoms with E-state index in [1.165, 1.54) is 250 Å². The monoisotopic (exact) mass is 972 g/mol. The molecule has 0 rings (SSSR count). The molecule has 0 aromatic carbocycles. The van der Waals surface area contributed by atoms with E-state index in [9.17, 15) is 19.8 Å². The molecule has 0 radical (unpaired) electrons. The number of aliphatic hydroxyl groups is 2. The van der Waals surface area contributed by atoms with E-state index in [0.29, 0.717) is 25.9 Å². The largest absolute Gasteiger partial charge is 0.466 e. The van der Waals surface area contributed by atoms with Gasteiger partial charge in [-0.1, -0.05) is 276 Å². The second-order valence-electron chi connectivity index (χ2n) is 21.4. The molecule has 0 fully saturated rings. The third-order valence-corrected chi connectivity index (χ3v) is 14.5. The minimum absolute atomic E-state index is 0.00382. The molecule has 0 aromatic heterocycles. The maximum Gasteiger partial charge on any atom is 0.305 e. The van der Waals surface area contributed by atoms with E-state index in [1.807, 2.05) is 0 Å². The van der Waals surface area contributed by atoms with Crippen molar-refractivity contribution in [1.82, 2.24) is 5.32 Å². The van der Waals surface area contributed by atoms with Crippen LogP contribution in [0.2, 0.25) is 0 Å². The predicted molar refractivity (Wildman–Crippen MR) is 301 cm³/mol. The van der Waals surface area contributed by atoms with Crippen molar-refractivity contribution in [3.63, 3.8) is 0 Å². The lowest BCUT2D eigenvalue weighted by Gasteiger charge is -2.22. The van der Waals surface area contributed by atoms with Crippen molar-refractivity contribution in [1.29, 1.82) is 0 Å². The standard InChI is InChI=1S/C63H121NO5/c1-3-5-7-9-11-13-15-17-19-21-24-27-31-35-39-43-47-51-55-61(66)60(59-65)64-62(67)56-52-48-44-40-36-32-28-25-22-23-26-30-34-38-42-46-50-54-58-69-63(68)57-53-49-45-41-37-33-29-20-18-16-14-12-10-8-6-4-2/h20,25,28-29,60-61,65-66H,3-19,21-24,26-27,30-59H2,1-2H3,(H,64,67)/b28-25-,29-20-. The lowest BCUT2D eigenvalue weighted by atomic mass is 10.0. The fourth-order valence-electron chi connectivity index (χ4n) is 9.69. The van der Waals surface area contributed by atoms with E-state index in [4.69, 9.17) is 4.74 Å². The molecule has 0 aliphatic rings. The molecule has 0 saturated heterocycles. The zero-order chi connectivity index (χ0) is 50.0. The molecule has 0 aromatic rings. The molecule has 0 saturated carbocycles. The minimum atomic E-state index is -0.673. The number of nitrogens with one attached hydrogen (secondary N) is 1. The van der Waals surface area contributed by atoms with E-state index < -0.39 is 12.1 Å². The number of amides is 1. The highest BCUT2D eigenvalue weighted by atomic mass is 16.5. The number of ether oxygens (including phenoxy) is 1. The molecule has 0 aliphatic heterocycles. The number of unbranched alkanes of at least 4 members (excludes halogenated alkanes) is 43. The van der Waals surface area contributed by atoms with Gasteiger partial charge >= 0.3 is 5.97 Å². The van der Waals surface area contributed by atoms with Crippen LogP contribution in [0.4, 0.5) is 0 Å². The zero-order valence-electron chi connectivity index (χ0n) is 46.6. The van der Waals surface area contributed by atoms with Crippen LogP contribution in [0.3, 0.4) is 0 Å². The highest BCUT2D eigenvalue weighted by Gasteiger charge is 2.20. The average molecular weight is 973 g/mol. The maximum atomic E-state index is 12.5. The van der Waals surface area contributed by atoms with E-state index in [0.717, 1.165) is 57.8 Å². The van der Waals surface area contributed by atoms with Gasteiger partial charge in [-0.15, -0.1) is 0 Å². The molecule has 2 unspecified atom stereocenters. The second-order valence-corrected chi connectivity index (χ2v) is 21.4. The number of carbonyl (C=O) groups is 2. The molecule has 6 heteroatoms. The number of esters is 1. The SMILES string of the molecule is CCCCCCCCC/C=C\CCCCCCCC(=O)OCCCCCCCCCCC/C=C\CCCCCCCC(=O)NC(CO)C(O)CCCCCCCCCCCCCCCCCCCC. The number of hydrogen-bond acceptors (Lipinski definition) is 5. The summed E-state index contributed by atoms with van der Waals surface area (Å²) in [6, 6.07) is -0.552. The Hall–Kier alpha value is -1.66. The van der Waals surface area contributed by atoms with Crippen LogP contribution in [0.5, 0.6) is 0 Å². The number of hydrogen-bond donors (Lipinski definition) is 3. The van der Waals surface area contributed by atoms with Gasteiger partial charge in [-0.25, -0.2) is 0 Å². The van der Waals surface area contributed by atoms with Crippen molar-refractivity contribution < 1.29 is 24.5 Å². The van der Waals surface area contributed by atoms with Crippen LogP contribution in [-0.2, 0) is 14.3 Å². The smallest absolute Gasteiger partial charge is 0.305 e. The van der Waals surface area contributed by atoms with Gasteiger partial charge in [0.1, 0.15) is 0 Å². The summed E-state index contributed by atoms with van der Waals surface area (Å²) in [5.41, 5.74) is 0. The first-order valence-corrected chi connectivity index (χ1v) is 31.1. The van der Waals surface area contributed by atoms with Crippen molar-refractivity contribution in [3.8, 4) is 0 Å². The van der Waals surface area contributed by atoms with Gasteiger partial charge in [0.25, 0.3) is 0 Å². The molecule has 408 valence electrons. The number of carbonyl (C=O) groups excluding carboxylic acids is 2. The van der Waals surface area contributed by atoms with E-state index in [-0.39, 0.29) is 18.5 Å². The minimum Gasteiger partial charge on any atom is -0.466 e. The van der Waals surface area contributed by atoms with Crippen molar-refractivity contribution in [2.45, 2.75) is 353 Å². The van der Waals surface area contributed by atoms with Gasteiger partial charge in [0.15, 0.2) is 0 Å². The van der Waals surface area contributed by atoms with Crippen LogP contribution in [0, 0.1) is 0 Å². The van der Waals surface area contributed by atoms with Gasteiger partial charge in [0, 0.05) is 12.8 Å². The van der Waals surface area contributed by atoms with Gasteiger partial charge in [0.05, 0.1) is 25.4 Å². The Balaban J connectivity index is 3.44. The summed E-state index contributed by atoms with van der Waals surface area (Å²) in [7, 11) is 0. The summed E-state index contributed by atoms with van der Waals surface area (Å²) in [5, 5.41) is 23.3. The molecule has 2 atom stereocenters. The molecule has 0 aliphatic carbocycles. The summed E-state index contributed by atoms with van der Waals surface area (Å²) in [6.07, 6.45) is 71.8. The van der Waals surface area contributed by atoms with Gasteiger partial charge in [-0.3, -0.25) is 9.59 Å². The van der Waals surface area contributed by atoms with Crippen molar-refractivity contribution in [2.75, 3.05) is 13.2 Å². The Bertz CT molecular complexity index is 1080. The fraction of sp³-hybridized carbons (Fsp3) is 0.905. The lowest BCUT2D eigenvalue weighted by molar-refractivity contribution is -0.143. The van der Waals surface area contributed by atoms with Gasteiger partial charge in [-0.05, 0) is 77.0 Å². The molecule has 3 N–H and O–H groups in total. The van der Waals surface area contributed by atoms with Crippen LogP contribution in [-0.4, -0.2) is 47.4 Å². The van der Waals surface area contributed by atoms with Crippen molar-refractivity contribution >= 4 is 11.9 Å². The molecule has 1 amide bonds. The van der Waals surface area contributed by atoms with Crippen LogP contribution < -0.4 is 5.32 Å². The Kier molecular flexibility index (Phi) is 57.5. The van der Waals surface area contributed by atoms with Crippen molar-refractivity contribution in [3.05, 3.63) is 24.3 Å². The highest BCUT2D eigenvalue weighted by Crippen LogP contribution is 2.17. The van der Waals surface area contributed by atoms with Crippen LogP contribution in [0.25, 0.3) is 0 Å². The summed E-state index contributed by atoms with van der Waals surface area (Å²) in [6.45, 7) is 4.95. The van der Waals surface area contributed by atoms with Gasteiger partial charge in [-0.2, -0.15) is 0 Å².